The number of nitrogens with zero attached hydrogens (tertiary/aromatic N) is 3. The average Bonchev–Trinajstić information content (AvgIpc) is 3.32. The van der Waals surface area contributed by atoms with Crippen molar-refractivity contribution in [3.05, 3.63) is 71.1 Å². The molecule has 5 nitrogen and oxygen atoms in total. The summed E-state index contributed by atoms with van der Waals surface area (Å²) in [6.07, 6.45) is 4.59. The van der Waals surface area contributed by atoms with Gasteiger partial charge in [0.1, 0.15) is 5.82 Å². The van der Waals surface area contributed by atoms with Crippen molar-refractivity contribution < 1.29 is 0 Å². The summed E-state index contributed by atoms with van der Waals surface area (Å²) >= 11 is 1.83. The van der Waals surface area contributed by atoms with Crippen molar-refractivity contribution >= 4 is 34.0 Å². The summed E-state index contributed by atoms with van der Waals surface area (Å²) in [7, 11) is 4.07. The fourth-order valence-electron chi connectivity index (χ4n) is 4.69. The summed E-state index contributed by atoms with van der Waals surface area (Å²) in [5.74, 6) is 1.70. The number of rotatable bonds is 7. The quantitative estimate of drug-likeness (QED) is 0.334. The summed E-state index contributed by atoms with van der Waals surface area (Å²) in [5, 5.41) is 10.8. The molecule has 4 aromatic rings. The minimum Gasteiger partial charge on any atom is -0.362 e. The summed E-state index contributed by atoms with van der Waals surface area (Å²) in [6, 6.07) is 20.3. The smallest absolute Gasteiger partial charge is 0.225 e. The number of fused-ring (bicyclic) bond motifs is 1. The molecule has 176 valence electrons. The van der Waals surface area contributed by atoms with Crippen molar-refractivity contribution in [2.45, 2.75) is 51.2 Å². The van der Waals surface area contributed by atoms with Gasteiger partial charge in [0.15, 0.2) is 0 Å². The zero-order valence-electron chi connectivity index (χ0n) is 20.2. The van der Waals surface area contributed by atoms with Crippen LogP contribution < -0.4 is 15.5 Å². The first-order chi connectivity index (χ1) is 16.5. The molecule has 2 aromatic carbocycles. The number of thiophene rings is 1. The van der Waals surface area contributed by atoms with E-state index < -0.39 is 0 Å². The van der Waals surface area contributed by atoms with Crippen LogP contribution in [0.1, 0.15) is 36.8 Å². The van der Waals surface area contributed by atoms with Gasteiger partial charge in [-0.1, -0.05) is 42.0 Å². The molecule has 5 rings (SSSR count). The molecule has 0 spiro atoms. The Bertz CT molecular complexity index is 1240. The SMILES string of the molecule is Cc1ccc(-c2cc(CNC3CCC(Nc4nc(N(C)C)c5ccccc5n4)CC3)cs2)cc1. The van der Waals surface area contributed by atoms with Crippen LogP contribution in [-0.4, -0.2) is 36.1 Å². The molecule has 0 bridgehead atoms. The first-order valence-corrected chi connectivity index (χ1v) is 13.0. The Morgan fingerprint density at radius 3 is 2.44 bits per heavy atom. The lowest BCUT2D eigenvalue weighted by molar-refractivity contribution is 0.352. The Balaban J connectivity index is 1.14. The van der Waals surface area contributed by atoms with Crippen LogP contribution in [0, 0.1) is 6.92 Å². The molecule has 0 unspecified atom stereocenters. The van der Waals surface area contributed by atoms with E-state index in [1.54, 1.807) is 0 Å². The van der Waals surface area contributed by atoms with Crippen LogP contribution in [0.15, 0.2) is 60.0 Å². The molecule has 0 atom stereocenters. The summed E-state index contributed by atoms with van der Waals surface area (Å²) < 4.78 is 0. The molecule has 2 N–H and O–H groups in total. The van der Waals surface area contributed by atoms with Gasteiger partial charge in [-0.15, -0.1) is 11.3 Å². The Labute approximate surface area is 206 Å². The van der Waals surface area contributed by atoms with Crippen LogP contribution in [0.3, 0.4) is 0 Å². The standard InChI is InChI=1S/C28H33N5S/c1-19-8-10-21(11-9-19)26-16-20(18-34-26)17-29-22-12-14-23(15-13-22)30-28-31-25-7-5-4-6-24(25)27(32-28)33(2)3/h4-11,16,18,22-23,29H,12-15,17H2,1-3H3,(H,30,31,32). The molecule has 0 saturated heterocycles. The third kappa shape index (κ3) is 5.24. The molecule has 1 fully saturated rings. The van der Waals surface area contributed by atoms with Gasteiger partial charge in [-0.25, -0.2) is 4.98 Å². The normalized spacial score (nSPS) is 18.2. The predicted octanol–water partition coefficient (Wildman–Crippen LogP) is 6.25. The highest BCUT2D eigenvalue weighted by atomic mass is 32.1. The lowest BCUT2D eigenvalue weighted by Crippen LogP contribution is -2.36. The molecule has 1 aliphatic carbocycles. The molecule has 34 heavy (non-hydrogen) atoms. The van der Waals surface area contributed by atoms with E-state index in [1.807, 2.05) is 37.6 Å². The number of benzene rings is 2. The molecule has 0 amide bonds. The molecule has 0 aliphatic heterocycles. The fraction of sp³-hybridized carbons (Fsp3) is 0.357. The van der Waals surface area contributed by atoms with Gasteiger partial charge >= 0.3 is 0 Å². The van der Waals surface area contributed by atoms with E-state index in [-0.39, 0.29) is 0 Å². The molecule has 2 aromatic heterocycles. The highest BCUT2D eigenvalue weighted by Crippen LogP contribution is 2.29. The van der Waals surface area contributed by atoms with Gasteiger partial charge in [-0.3, -0.25) is 0 Å². The van der Waals surface area contributed by atoms with Crippen molar-refractivity contribution in [3.8, 4) is 10.4 Å². The van der Waals surface area contributed by atoms with E-state index >= 15 is 0 Å². The Kier molecular flexibility index (Phi) is 6.79. The summed E-state index contributed by atoms with van der Waals surface area (Å²) in [5.41, 5.74) is 4.97. The zero-order valence-corrected chi connectivity index (χ0v) is 21.0. The van der Waals surface area contributed by atoms with E-state index in [9.17, 15) is 0 Å². The van der Waals surface area contributed by atoms with Crippen molar-refractivity contribution in [1.82, 2.24) is 15.3 Å². The van der Waals surface area contributed by atoms with Gasteiger partial charge in [0.05, 0.1) is 5.52 Å². The number of aromatic nitrogens is 2. The number of anilines is 2. The fourth-order valence-corrected chi connectivity index (χ4v) is 5.61. The maximum atomic E-state index is 4.81. The van der Waals surface area contributed by atoms with Gasteiger partial charge in [0.2, 0.25) is 5.95 Å². The monoisotopic (exact) mass is 471 g/mol. The maximum Gasteiger partial charge on any atom is 0.225 e. The molecule has 6 heteroatoms. The van der Waals surface area contributed by atoms with Gasteiger partial charge in [-0.05, 0) is 67.3 Å². The summed E-state index contributed by atoms with van der Waals surface area (Å²) in [6.45, 7) is 3.07. The van der Waals surface area contributed by atoms with Crippen molar-refractivity contribution in [1.29, 1.82) is 0 Å². The van der Waals surface area contributed by atoms with Crippen LogP contribution in [-0.2, 0) is 6.54 Å². The van der Waals surface area contributed by atoms with Gasteiger partial charge in [0.25, 0.3) is 0 Å². The van der Waals surface area contributed by atoms with Gasteiger partial charge in [0, 0.05) is 43.0 Å². The molecule has 2 heterocycles. The Morgan fingerprint density at radius 1 is 0.941 bits per heavy atom. The third-order valence-electron chi connectivity index (χ3n) is 6.65. The van der Waals surface area contributed by atoms with E-state index in [0.717, 1.165) is 42.1 Å². The zero-order chi connectivity index (χ0) is 23.5. The van der Waals surface area contributed by atoms with Crippen LogP contribution in [0.2, 0.25) is 0 Å². The van der Waals surface area contributed by atoms with Gasteiger partial charge in [-0.2, -0.15) is 4.98 Å². The van der Waals surface area contributed by atoms with Crippen molar-refractivity contribution in [3.63, 3.8) is 0 Å². The molecule has 1 aliphatic rings. The lowest BCUT2D eigenvalue weighted by atomic mass is 9.91. The number of nitrogens with one attached hydrogen (secondary N) is 2. The van der Waals surface area contributed by atoms with Gasteiger partial charge < -0.3 is 15.5 Å². The Morgan fingerprint density at radius 2 is 1.68 bits per heavy atom. The van der Waals surface area contributed by atoms with Crippen LogP contribution in [0.25, 0.3) is 21.3 Å². The average molecular weight is 472 g/mol. The minimum absolute atomic E-state index is 0.420. The molecular formula is C28H33N5S. The van der Waals surface area contributed by atoms with Crippen LogP contribution in [0.4, 0.5) is 11.8 Å². The minimum atomic E-state index is 0.420. The topological polar surface area (TPSA) is 53.1 Å². The highest BCUT2D eigenvalue weighted by Gasteiger charge is 2.22. The van der Waals surface area contributed by atoms with Crippen molar-refractivity contribution in [2.24, 2.45) is 0 Å². The van der Waals surface area contributed by atoms with Crippen molar-refractivity contribution in [2.75, 3.05) is 24.3 Å². The summed E-state index contributed by atoms with van der Waals surface area (Å²) in [4.78, 5) is 13.0. The number of para-hydroxylation sites is 1. The first kappa shape index (κ1) is 22.8. The van der Waals surface area contributed by atoms with Crippen LogP contribution in [0.5, 0.6) is 0 Å². The largest absolute Gasteiger partial charge is 0.362 e. The predicted molar refractivity (Wildman–Crippen MR) is 145 cm³/mol. The highest BCUT2D eigenvalue weighted by molar-refractivity contribution is 7.13. The number of hydrogen-bond donors (Lipinski definition) is 2. The van der Waals surface area contributed by atoms with E-state index in [0.29, 0.717) is 12.1 Å². The second-order valence-corrected chi connectivity index (χ2v) is 10.5. The number of aryl methyl sites for hydroxylation is 1. The van der Waals surface area contributed by atoms with E-state index in [2.05, 4.69) is 70.3 Å². The molecule has 1 saturated carbocycles. The molecule has 0 radical (unpaired) electrons. The Hall–Kier alpha value is -2.96. The van der Waals surface area contributed by atoms with E-state index in [4.69, 9.17) is 9.97 Å². The maximum absolute atomic E-state index is 4.81. The first-order valence-electron chi connectivity index (χ1n) is 12.1. The molecular weight excluding hydrogens is 438 g/mol. The van der Waals surface area contributed by atoms with Crippen LogP contribution >= 0.6 is 11.3 Å². The third-order valence-corrected chi connectivity index (χ3v) is 7.68. The van der Waals surface area contributed by atoms with E-state index in [1.165, 1.54) is 34.4 Å². The second kappa shape index (κ2) is 10.1. The lowest BCUT2D eigenvalue weighted by Gasteiger charge is -2.30. The second-order valence-electron chi connectivity index (χ2n) is 9.54. The number of hydrogen-bond acceptors (Lipinski definition) is 6.